The van der Waals surface area contributed by atoms with E-state index in [-0.39, 0.29) is 19.1 Å². The SMILES string of the molecule is OCCC(CO)CSCc1cccc2ccccc12. The first-order chi connectivity index (χ1) is 9.35. The van der Waals surface area contributed by atoms with Crippen LogP contribution in [0.15, 0.2) is 42.5 Å². The zero-order chi connectivity index (χ0) is 13.5. The molecular weight excluding hydrogens is 256 g/mol. The van der Waals surface area contributed by atoms with Gasteiger partial charge in [-0.15, -0.1) is 0 Å². The number of hydrogen-bond acceptors (Lipinski definition) is 3. The van der Waals surface area contributed by atoms with Crippen molar-refractivity contribution in [2.24, 2.45) is 5.92 Å². The predicted octanol–water partition coefficient (Wildman–Crippen LogP) is 3.06. The van der Waals surface area contributed by atoms with E-state index in [1.54, 1.807) is 0 Å². The molecule has 2 aromatic carbocycles. The first-order valence-corrected chi connectivity index (χ1v) is 7.76. The molecule has 102 valence electrons. The van der Waals surface area contributed by atoms with Gasteiger partial charge in [0.05, 0.1) is 0 Å². The van der Waals surface area contributed by atoms with Gasteiger partial charge < -0.3 is 10.2 Å². The average Bonchev–Trinajstić information content (AvgIpc) is 2.46. The number of hydrogen-bond donors (Lipinski definition) is 2. The maximum Gasteiger partial charge on any atom is 0.0468 e. The van der Waals surface area contributed by atoms with Crippen LogP contribution in [0.25, 0.3) is 10.8 Å². The van der Waals surface area contributed by atoms with Crippen LogP contribution in [0, 0.1) is 5.92 Å². The number of thioether (sulfide) groups is 1. The lowest BCUT2D eigenvalue weighted by atomic mass is 10.1. The highest BCUT2D eigenvalue weighted by Gasteiger charge is 2.07. The summed E-state index contributed by atoms with van der Waals surface area (Å²) in [5.41, 5.74) is 1.34. The van der Waals surface area contributed by atoms with E-state index < -0.39 is 0 Å². The third kappa shape index (κ3) is 3.96. The van der Waals surface area contributed by atoms with Crippen molar-refractivity contribution in [2.75, 3.05) is 19.0 Å². The summed E-state index contributed by atoms with van der Waals surface area (Å²) >= 11 is 1.82. The van der Waals surface area contributed by atoms with Gasteiger partial charge in [-0.2, -0.15) is 11.8 Å². The van der Waals surface area contributed by atoms with Gasteiger partial charge in [0.25, 0.3) is 0 Å². The van der Waals surface area contributed by atoms with E-state index in [2.05, 4.69) is 42.5 Å². The van der Waals surface area contributed by atoms with Crippen LogP contribution in [0.2, 0.25) is 0 Å². The topological polar surface area (TPSA) is 40.5 Å². The molecule has 0 amide bonds. The molecule has 2 N–H and O–H groups in total. The molecule has 0 aromatic heterocycles. The Morgan fingerprint density at radius 3 is 2.58 bits per heavy atom. The molecule has 0 bridgehead atoms. The summed E-state index contributed by atoms with van der Waals surface area (Å²) in [5, 5.41) is 20.7. The molecule has 1 unspecified atom stereocenters. The summed E-state index contributed by atoms with van der Waals surface area (Å²) in [6.45, 7) is 0.309. The van der Waals surface area contributed by atoms with Crippen molar-refractivity contribution in [1.82, 2.24) is 0 Å². The van der Waals surface area contributed by atoms with E-state index in [1.807, 2.05) is 11.8 Å². The maximum absolute atomic E-state index is 9.20. The third-order valence-corrected chi connectivity index (χ3v) is 4.51. The molecule has 0 radical (unpaired) electrons. The largest absolute Gasteiger partial charge is 0.396 e. The molecule has 0 fully saturated rings. The van der Waals surface area contributed by atoms with E-state index in [0.29, 0.717) is 6.42 Å². The highest BCUT2D eigenvalue weighted by atomic mass is 32.2. The van der Waals surface area contributed by atoms with Crippen molar-refractivity contribution < 1.29 is 10.2 Å². The van der Waals surface area contributed by atoms with Crippen molar-refractivity contribution in [1.29, 1.82) is 0 Å². The van der Waals surface area contributed by atoms with Crippen molar-refractivity contribution in [3.05, 3.63) is 48.0 Å². The quantitative estimate of drug-likeness (QED) is 0.816. The fourth-order valence-electron chi connectivity index (χ4n) is 2.16. The summed E-state index contributed by atoms with van der Waals surface area (Å²) in [7, 11) is 0. The minimum Gasteiger partial charge on any atom is -0.396 e. The Morgan fingerprint density at radius 2 is 1.79 bits per heavy atom. The van der Waals surface area contributed by atoms with Gasteiger partial charge in [-0.1, -0.05) is 42.5 Å². The highest BCUT2D eigenvalue weighted by molar-refractivity contribution is 7.98. The molecule has 19 heavy (non-hydrogen) atoms. The van der Waals surface area contributed by atoms with Gasteiger partial charge in [-0.3, -0.25) is 0 Å². The zero-order valence-electron chi connectivity index (χ0n) is 11.0. The lowest BCUT2D eigenvalue weighted by molar-refractivity contribution is 0.196. The fraction of sp³-hybridized carbons (Fsp3) is 0.375. The van der Waals surface area contributed by atoms with Crippen LogP contribution in [0.5, 0.6) is 0 Å². The molecule has 0 spiro atoms. The summed E-state index contributed by atoms with van der Waals surface area (Å²) in [5.74, 6) is 2.04. The van der Waals surface area contributed by atoms with E-state index in [4.69, 9.17) is 5.11 Å². The highest BCUT2D eigenvalue weighted by Crippen LogP contribution is 2.24. The van der Waals surface area contributed by atoms with E-state index in [0.717, 1.165) is 11.5 Å². The first kappa shape index (κ1) is 14.4. The number of aliphatic hydroxyl groups is 2. The maximum atomic E-state index is 9.20. The Bertz CT molecular complexity index is 508. The lowest BCUT2D eigenvalue weighted by Gasteiger charge is -2.12. The molecule has 1 atom stereocenters. The Morgan fingerprint density at radius 1 is 1.00 bits per heavy atom. The molecule has 0 aliphatic heterocycles. The van der Waals surface area contributed by atoms with Gasteiger partial charge >= 0.3 is 0 Å². The van der Waals surface area contributed by atoms with Gasteiger partial charge in [0, 0.05) is 19.0 Å². The van der Waals surface area contributed by atoms with Crippen molar-refractivity contribution >= 4 is 22.5 Å². The molecule has 0 aliphatic carbocycles. The number of aliphatic hydroxyl groups excluding tert-OH is 2. The van der Waals surface area contributed by atoms with Crippen LogP contribution in [-0.2, 0) is 5.75 Å². The predicted molar refractivity (Wildman–Crippen MR) is 82.4 cm³/mol. The zero-order valence-corrected chi connectivity index (χ0v) is 11.8. The summed E-state index contributed by atoms with van der Waals surface area (Å²) in [6, 6.07) is 14.8. The normalized spacial score (nSPS) is 12.7. The summed E-state index contributed by atoms with van der Waals surface area (Å²) < 4.78 is 0. The van der Waals surface area contributed by atoms with Crippen LogP contribution in [0.1, 0.15) is 12.0 Å². The van der Waals surface area contributed by atoms with Crippen LogP contribution in [0.3, 0.4) is 0 Å². The summed E-state index contributed by atoms with van der Waals surface area (Å²) in [6.07, 6.45) is 0.680. The lowest BCUT2D eigenvalue weighted by Crippen LogP contribution is -2.11. The van der Waals surface area contributed by atoms with Gasteiger partial charge in [0.1, 0.15) is 0 Å². The standard InChI is InChI=1S/C16H20O2S/c17-9-8-13(10-18)11-19-12-15-6-3-5-14-4-1-2-7-16(14)15/h1-7,13,17-18H,8-12H2. The van der Waals surface area contributed by atoms with Gasteiger partial charge in [-0.25, -0.2) is 0 Å². The number of fused-ring (bicyclic) bond motifs is 1. The Kier molecular flexibility index (Phi) is 5.70. The van der Waals surface area contributed by atoms with Gasteiger partial charge in [-0.05, 0) is 34.4 Å². The monoisotopic (exact) mass is 276 g/mol. The van der Waals surface area contributed by atoms with E-state index in [1.165, 1.54) is 16.3 Å². The molecule has 0 aliphatic rings. The molecule has 2 rings (SSSR count). The molecule has 2 nitrogen and oxygen atoms in total. The molecular formula is C16H20O2S. The molecule has 0 heterocycles. The van der Waals surface area contributed by atoms with E-state index in [9.17, 15) is 5.11 Å². The van der Waals surface area contributed by atoms with Crippen LogP contribution in [0.4, 0.5) is 0 Å². The second-order valence-electron chi connectivity index (χ2n) is 4.71. The average molecular weight is 276 g/mol. The Balaban J connectivity index is 1.98. The molecule has 0 saturated heterocycles. The van der Waals surface area contributed by atoms with Crippen molar-refractivity contribution in [3.8, 4) is 0 Å². The van der Waals surface area contributed by atoms with Crippen molar-refractivity contribution in [3.63, 3.8) is 0 Å². The summed E-state index contributed by atoms with van der Waals surface area (Å²) in [4.78, 5) is 0. The van der Waals surface area contributed by atoms with Crippen LogP contribution < -0.4 is 0 Å². The van der Waals surface area contributed by atoms with Crippen LogP contribution >= 0.6 is 11.8 Å². The minimum absolute atomic E-state index is 0.153. The Hall–Kier alpha value is -1.03. The number of benzene rings is 2. The van der Waals surface area contributed by atoms with Gasteiger partial charge in [0.2, 0.25) is 0 Å². The Labute approximate surface area is 118 Å². The second-order valence-corrected chi connectivity index (χ2v) is 5.74. The number of rotatable bonds is 7. The molecule has 3 heteroatoms. The third-order valence-electron chi connectivity index (χ3n) is 3.29. The minimum atomic E-state index is 0.153. The van der Waals surface area contributed by atoms with Crippen molar-refractivity contribution in [2.45, 2.75) is 12.2 Å². The van der Waals surface area contributed by atoms with E-state index >= 15 is 0 Å². The molecule has 0 saturated carbocycles. The second kappa shape index (κ2) is 7.53. The fourth-order valence-corrected chi connectivity index (χ4v) is 3.36. The first-order valence-electron chi connectivity index (χ1n) is 6.61. The van der Waals surface area contributed by atoms with Crippen LogP contribution in [-0.4, -0.2) is 29.2 Å². The van der Waals surface area contributed by atoms with Gasteiger partial charge in [0.15, 0.2) is 0 Å². The molecule has 2 aromatic rings. The smallest absolute Gasteiger partial charge is 0.0468 e.